The van der Waals surface area contributed by atoms with Gasteiger partial charge in [0, 0.05) is 34.3 Å². The Labute approximate surface area is 201 Å². The van der Waals surface area contributed by atoms with Gasteiger partial charge in [-0.2, -0.15) is 10.2 Å². The highest BCUT2D eigenvalue weighted by molar-refractivity contribution is 7.91. The van der Waals surface area contributed by atoms with Gasteiger partial charge < -0.3 is 5.32 Å². The van der Waals surface area contributed by atoms with Gasteiger partial charge in [-0.1, -0.05) is 6.07 Å². The topological polar surface area (TPSA) is 131 Å². The fraction of sp³-hybridized carbons (Fsp3) is 0.125. The molecule has 0 aliphatic carbocycles. The van der Waals surface area contributed by atoms with Crippen molar-refractivity contribution in [1.82, 2.24) is 29.4 Å². The maximum absolute atomic E-state index is 12.8. The summed E-state index contributed by atoms with van der Waals surface area (Å²) in [5.74, 6) is 0.389. The van der Waals surface area contributed by atoms with E-state index in [4.69, 9.17) is 4.78 Å². The lowest BCUT2D eigenvalue weighted by atomic mass is 10.1. The van der Waals surface area contributed by atoms with Crippen molar-refractivity contribution in [3.63, 3.8) is 0 Å². The molecule has 4 heterocycles. The predicted molar refractivity (Wildman–Crippen MR) is 132 cm³/mol. The second kappa shape index (κ2) is 8.76. The van der Waals surface area contributed by atoms with Crippen LogP contribution in [0.15, 0.2) is 78.1 Å². The van der Waals surface area contributed by atoms with Crippen LogP contribution in [0, 0.1) is 11.7 Å². The molecule has 0 aliphatic heterocycles. The number of benzene rings is 1. The van der Waals surface area contributed by atoms with Crippen molar-refractivity contribution in [3.8, 4) is 17.1 Å². The Morgan fingerprint density at radius 2 is 1.91 bits per heavy atom. The smallest absolute Gasteiger partial charge is 0.230 e. The van der Waals surface area contributed by atoms with Crippen LogP contribution in [0.5, 0.6) is 0 Å². The fourth-order valence-corrected chi connectivity index (χ4v) is 4.33. The summed E-state index contributed by atoms with van der Waals surface area (Å²) in [6.07, 6.45) is 4.75. The van der Waals surface area contributed by atoms with Gasteiger partial charge >= 0.3 is 0 Å². The summed E-state index contributed by atoms with van der Waals surface area (Å²) in [7, 11) is -2.81. The SMILES string of the molecule is Cc1cccc(-n2nc(CC(=O)Nc3ccc(S(C)(=N)=O)cc3)cc2-c2ccc3ncnn3c2)n1. The van der Waals surface area contributed by atoms with E-state index < -0.39 is 9.73 Å². The van der Waals surface area contributed by atoms with E-state index in [0.717, 1.165) is 22.6 Å². The third-order valence-corrected chi connectivity index (χ3v) is 6.52. The van der Waals surface area contributed by atoms with Gasteiger partial charge in [-0.05, 0) is 61.5 Å². The first kappa shape index (κ1) is 22.4. The summed E-state index contributed by atoms with van der Waals surface area (Å²) in [4.78, 5) is 22.0. The van der Waals surface area contributed by atoms with Crippen molar-refractivity contribution in [1.29, 1.82) is 4.78 Å². The number of nitrogens with zero attached hydrogens (tertiary/aromatic N) is 6. The highest BCUT2D eigenvalue weighted by Gasteiger charge is 2.16. The molecule has 5 aromatic rings. The number of hydrogen-bond acceptors (Lipinski definition) is 7. The Bertz CT molecular complexity index is 1650. The van der Waals surface area contributed by atoms with Gasteiger partial charge in [0.15, 0.2) is 11.5 Å². The van der Waals surface area contributed by atoms with Crippen molar-refractivity contribution in [2.75, 3.05) is 11.6 Å². The minimum absolute atomic E-state index is 0.0438. The number of carbonyl (C=O) groups is 1. The van der Waals surface area contributed by atoms with E-state index in [1.807, 2.05) is 49.5 Å². The second-order valence-corrected chi connectivity index (χ2v) is 10.3. The second-order valence-electron chi connectivity index (χ2n) is 8.14. The van der Waals surface area contributed by atoms with Crippen LogP contribution in [0.1, 0.15) is 11.4 Å². The van der Waals surface area contributed by atoms with Gasteiger partial charge in [-0.15, -0.1) is 0 Å². The van der Waals surface area contributed by atoms with E-state index in [1.165, 1.54) is 12.6 Å². The van der Waals surface area contributed by atoms with Crippen molar-refractivity contribution < 1.29 is 9.00 Å². The van der Waals surface area contributed by atoms with Gasteiger partial charge in [-0.25, -0.2) is 28.2 Å². The summed E-state index contributed by atoms with van der Waals surface area (Å²) >= 11 is 0. The molecule has 10 nitrogen and oxygen atoms in total. The largest absolute Gasteiger partial charge is 0.326 e. The molecule has 1 amide bonds. The molecule has 35 heavy (non-hydrogen) atoms. The van der Waals surface area contributed by atoms with Crippen LogP contribution in [-0.2, 0) is 20.9 Å². The van der Waals surface area contributed by atoms with Gasteiger partial charge in [-0.3, -0.25) is 4.79 Å². The Kier molecular flexibility index (Phi) is 5.61. The molecular weight excluding hydrogens is 464 g/mol. The molecule has 2 N–H and O–H groups in total. The van der Waals surface area contributed by atoms with Crippen molar-refractivity contribution in [2.45, 2.75) is 18.2 Å². The normalized spacial score (nSPS) is 13.0. The summed E-state index contributed by atoms with van der Waals surface area (Å²) < 4.78 is 22.9. The van der Waals surface area contributed by atoms with Crippen LogP contribution in [0.25, 0.3) is 22.7 Å². The summed E-state index contributed by atoms with van der Waals surface area (Å²) in [6.45, 7) is 1.91. The summed E-state index contributed by atoms with van der Waals surface area (Å²) in [6, 6.07) is 17.8. The van der Waals surface area contributed by atoms with Crippen LogP contribution in [-0.4, -0.2) is 45.7 Å². The molecule has 11 heteroatoms. The predicted octanol–water partition coefficient (Wildman–Crippen LogP) is 3.50. The maximum atomic E-state index is 12.8. The summed E-state index contributed by atoms with van der Waals surface area (Å²) in [5, 5.41) is 11.7. The number of fused-ring (bicyclic) bond motifs is 1. The lowest BCUT2D eigenvalue weighted by Gasteiger charge is -2.07. The number of carbonyl (C=O) groups excluding carboxylic acids is 1. The monoisotopic (exact) mass is 486 g/mol. The van der Waals surface area contributed by atoms with Crippen LogP contribution in [0.3, 0.4) is 0 Å². The molecule has 1 atom stereocenters. The van der Waals surface area contributed by atoms with Crippen LogP contribution in [0.2, 0.25) is 0 Å². The molecular formula is C24H22N8O2S. The molecule has 0 radical (unpaired) electrons. The van der Waals surface area contributed by atoms with Gasteiger partial charge in [0.25, 0.3) is 0 Å². The number of hydrogen-bond donors (Lipinski definition) is 2. The third-order valence-electron chi connectivity index (χ3n) is 5.35. The Balaban J connectivity index is 1.45. The zero-order valence-corrected chi connectivity index (χ0v) is 19.9. The van der Waals surface area contributed by atoms with E-state index in [2.05, 4.69) is 25.5 Å². The van der Waals surface area contributed by atoms with Crippen molar-refractivity contribution in [3.05, 3.63) is 84.6 Å². The maximum Gasteiger partial charge on any atom is 0.230 e. The lowest BCUT2D eigenvalue weighted by Crippen LogP contribution is -2.15. The number of nitrogens with one attached hydrogen (secondary N) is 2. The minimum atomic E-state index is -2.81. The molecule has 1 aromatic carbocycles. The zero-order valence-electron chi connectivity index (χ0n) is 19.0. The van der Waals surface area contributed by atoms with E-state index >= 15 is 0 Å². The Morgan fingerprint density at radius 1 is 1.11 bits per heavy atom. The molecule has 5 rings (SSSR count). The van der Waals surface area contributed by atoms with Crippen molar-refractivity contribution >= 4 is 27.0 Å². The van der Waals surface area contributed by atoms with Gasteiger partial charge in [0.1, 0.15) is 6.33 Å². The van der Waals surface area contributed by atoms with Gasteiger partial charge in [0.2, 0.25) is 5.91 Å². The molecule has 1 unspecified atom stereocenters. The van der Waals surface area contributed by atoms with Crippen molar-refractivity contribution in [2.24, 2.45) is 0 Å². The van der Waals surface area contributed by atoms with E-state index in [0.29, 0.717) is 22.1 Å². The lowest BCUT2D eigenvalue weighted by molar-refractivity contribution is -0.115. The Hall–Kier alpha value is -4.38. The first-order valence-electron chi connectivity index (χ1n) is 10.7. The van der Waals surface area contributed by atoms with Gasteiger partial charge in [0.05, 0.1) is 27.5 Å². The Morgan fingerprint density at radius 3 is 2.66 bits per heavy atom. The number of amides is 1. The molecule has 0 fully saturated rings. The number of aryl methyl sites for hydroxylation is 1. The summed E-state index contributed by atoms with van der Waals surface area (Å²) in [5.41, 5.74) is 4.31. The first-order valence-corrected chi connectivity index (χ1v) is 12.7. The highest BCUT2D eigenvalue weighted by Crippen LogP contribution is 2.24. The molecule has 0 spiro atoms. The average molecular weight is 487 g/mol. The molecule has 0 aliphatic rings. The van der Waals surface area contributed by atoms with Crippen LogP contribution < -0.4 is 5.32 Å². The molecule has 176 valence electrons. The zero-order chi connectivity index (χ0) is 24.6. The molecule has 4 aromatic heterocycles. The van der Waals surface area contributed by atoms with Crippen LogP contribution >= 0.6 is 0 Å². The first-order chi connectivity index (χ1) is 16.8. The molecule has 0 saturated heterocycles. The number of pyridine rings is 2. The minimum Gasteiger partial charge on any atom is -0.326 e. The third kappa shape index (κ3) is 4.80. The number of anilines is 1. The molecule has 0 bridgehead atoms. The highest BCUT2D eigenvalue weighted by atomic mass is 32.2. The standard InChI is InChI=1S/C24H22N8O2S/c1-16-4-3-5-23(28-16)32-21(17-6-11-22-26-15-27-31(22)14-17)12-19(30-32)13-24(33)29-18-7-9-20(10-8-18)35(2,25)34/h3-12,14-15,25H,13H2,1-2H3,(H,29,33). The average Bonchev–Trinajstić information content (AvgIpc) is 3.45. The van der Waals surface area contributed by atoms with Crippen LogP contribution in [0.4, 0.5) is 5.69 Å². The van der Waals surface area contributed by atoms with E-state index in [-0.39, 0.29) is 12.3 Å². The number of aromatic nitrogens is 6. The fourth-order valence-electron chi connectivity index (χ4n) is 3.68. The molecule has 0 saturated carbocycles. The van der Waals surface area contributed by atoms with E-state index in [9.17, 15) is 9.00 Å². The number of rotatable bonds is 6. The van der Waals surface area contributed by atoms with E-state index in [1.54, 1.807) is 33.5 Å². The quantitative estimate of drug-likeness (QED) is 0.378.